The van der Waals surface area contributed by atoms with Crippen molar-refractivity contribution in [2.24, 2.45) is 5.92 Å². The van der Waals surface area contributed by atoms with E-state index in [1.54, 1.807) is 20.8 Å². The van der Waals surface area contributed by atoms with Crippen LogP contribution in [0.5, 0.6) is 0 Å². The van der Waals surface area contributed by atoms with E-state index in [4.69, 9.17) is 0 Å². The number of nitrogens with zero attached hydrogens (tertiary/aromatic N) is 3. The third-order valence-electron chi connectivity index (χ3n) is 2.39. The molecule has 0 unspecified atom stereocenters. The van der Waals surface area contributed by atoms with Gasteiger partial charge < -0.3 is 0 Å². The van der Waals surface area contributed by atoms with E-state index in [0.717, 1.165) is 4.68 Å². The van der Waals surface area contributed by atoms with Gasteiger partial charge in [-0.1, -0.05) is 19.1 Å². The summed E-state index contributed by atoms with van der Waals surface area (Å²) in [5, 5.41) is 6.38. The van der Waals surface area contributed by atoms with E-state index in [9.17, 15) is 22.0 Å². The minimum atomic E-state index is -5.66. The lowest BCUT2D eigenvalue weighted by Gasteiger charge is -2.19. The highest BCUT2D eigenvalue weighted by molar-refractivity contribution is 5.18. The zero-order valence-corrected chi connectivity index (χ0v) is 10.2. The molecule has 0 bridgehead atoms. The van der Waals surface area contributed by atoms with Gasteiger partial charge in [0.1, 0.15) is 0 Å². The first kappa shape index (κ1) is 14.8. The normalized spacial score (nSPS) is 13.4. The molecule has 0 spiro atoms. The highest BCUT2D eigenvalue weighted by Crippen LogP contribution is 2.44. The second-order valence-corrected chi connectivity index (χ2v) is 4.37. The Kier molecular flexibility index (Phi) is 3.97. The minimum Gasteiger partial charge on any atom is -0.249 e. The number of halogens is 5. The third-order valence-corrected chi connectivity index (χ3v) is 2.39. The highest BCUT2D eigenvalue weighted by Gasteiger charge is 2.61. The van der Waals surface area contributed by atoms with Crippen molar-refractivity contribution >= 4 is 0 Å². The molecule has 3 nitrogen and oxygen atoms in total. The summed E-state index contributed by atoms with van der Waals surface area (Å²) in [5.41, 5.74) is -1.44. The molecular formula is C10H14F5N3. The van der Waals surface area contributed by atoms with Crippen molar-refractivity contribution in [3.05, 3.63) is 11.4 Å². The summed E-state index contributed by atoms with van der Waals surface area (Å²) in [6.07, 6.45) is -5.59. The number of alkyl halides is 5. The molecule has 1 aromatic rings. The number of aryl methyl sites for hydroxylation is 1. The Bertz CT molecular complexity index is 408. The predicted molar refractivity (Wildman–Crippen MR) is 54.2 cm³/mol. The molecule has 0 saturated carbocycles. The van der Waals surface area contributed by atoms with Gasteiger partial charge in [-0.2, -0.15) is 22.0 Å². The number of hydrogen-bond donors (Lipinski definition) is 0. The highest BCUT2D eigenvalue weighted by atomic mass is 19.4. The summed E-state index contributed by atoms with van der Waals surface area (Å²) in [6, 6.07) is 0. The molecule has 0 aromatic carbocycles. The quantitative estimate of drug-likeness (QED) is 0.787. The molecule has 0 radical (unpaired) electrons. The summed E-state index contributed by atoms with van der Waals surface area (Å²) in [7, 11) is 0. The van der Waals surface area contributed by atoms with Crippen molar-refractivity contribution in [3.63, 3.8) is 0 Å². The number of aromatic nitrogens is 3. The molecule has 0 aliphatic heterocycles. The lowest BCUT2D eigenvalue weighted by Crippen LogP contribution is -2.35. The van der Waals surface area contributed by atoms with Crippen molar-refractivity contribution in [1.29, 1.82) is 0 Å². The Balaban J connectivity index is 3.28. The lowest BCUT2D eigenvalue weighted by atomic mass is 10.0. The van der Waals surface area contributed by atoms with Crippen molar-refractivity contribution in [2.45, 2.75) is 45.8 Å². The van der Waals surface area contributed by atoms with Gasteiger partial charge in [-0.25, -0.2) is 4.68 Å². The smallest absolute Gasteiger partial charge is 0.249 e. The van der Waals surface area contributed by atoms with Gasteiger partial charge in [0.05, 0.1) is 5.69 Å². The van der Waals surface area contributed by atoms with Crippen LogP contribution >= 0.6 is 0 Å². The molecule has 8 heteroatoms. The van der Waals surface area contributed by atoms with Crippen LogP contribution in [0.1, 0.15) is 32.2 Å². The van der Waals surface area contributed by atoms with E-state index in [2.05, 4.69) is 10.3 Å². The van der Waals surface area contributed by atoms with Gasteiger partial charge in [0.15, 0.2) is 5.69 Å². The Hall–Kier alpha value is -1.21. The summed E-state index contributed by atoms with van der Waals surface area (Å²) < 4.78 is 64.6. The van der Waals surface area contributed by atoms with E-state index in [1.807, 2.05) is 0 Å². The van der Waals surface area contributed by atoms with Gasteiger partial charge in [0, 0.05) is 6.54 Å². The maximum atomic E-state index is 13.3. The summed E-state index contributed by atoms with van der Waals surface area (Å²) in [5.74, 6) is -5.04. The average Bonchev–Trinajstić information content (AvgIpc) is 2.58. The van der Waals surface area contributed by atoms with Crippen molar-refractivity contribution in [2.75, 3.05) is 0 Å². The van der Waals surface area contributed by atoms with Crippen LogP contribution in [0.25, 0.3) is 0 Å². The molecule has 0 fully saturated rings. The Morgan fingerprint density at radius 1 is 1.17 bits per heavy atom. The molecule has 18 heavy (non-hydrogen) atoms. The summed E-state index contributed by atoms with van der Waals surface area (Å²) >= 11 is 0. The van der Waals surface area contributed by atoms with Crippen LogP contribution in [0, 0.1) is 5.92 Å². The molecule has 1 heterocycles. The molecule has 0 N–H and O–H groups in total. The molecule has 1 aromatic heterocycles. The first-order valence-electron chi connectivity index (χ1n) is 5.48. The number of rotatable bonds is 4. The fourth-order valence-corrected chi connectivity index (χ4v) is 1.55. The van der Waals surface area contributed by atoms with E-state index in [-0.39, 0.29) is 24.6 Å². The van der Waals surface area contributed by atoms with E-state index < -0.39 is 17.8 Å². The second kappa shape index (κ2) is 4.81. The van der Waals surface area contributed by atoms with Crippen LogP contribution < -0.4 is 0 Å². The molecule has 0 amide bonds. The van der Waals surface area contributed by atoms with Gasteiger partial charge in [0.25, 0.3) is 0 Å². The summed E-state index contributed by atoms with van der Waals surface area (Å²) in [6.45, 7) is 5.25. The largest absolute Gasteiger partial charge is 0.459 e. The third kappa shape index (κ3) is 2.62. The molecule has 0 aliphatic carbocycles. The molecule has 0 atom stereocenters. The zero-order chi connectivity index (χ0) is 14.1. The van der Waals surface area contributed by atoms with Crippen LogP contribution in [0.2, 0.25) is 0 Å². The van der Waals surface area contributed by atoms with Crippen LogP contribution in [-0.2, 0) is 18.9 Å². The average molecular weight is 271 g/mol. The van der Waals surface area contributed by atoms with Crippen LogP contribution in [0.15, 0.2) is 0 Å². The second-order valence-electron chi connectivity index (χ2n) is 4.37. The monoisotopic (exact) mass is 271 g/mol. The van der Waals surface area contributed by atoms with Gasteiger partial charge in [-0.15, -0.1) is 5.10 Å². The van der Waals surface area contributed by atoms with Crippen LogP contribution in [-0.4, -0.2) is 21.2 Å². The Labute approximate surface area is 101 Å². The van der Waals surface area contributed by atoms with Crippen molar-refractivity contribution < 1.29 is 22.0 Å². The van der Waals surface area contributed by atoms with Gasteiger partial charge in [-0.05, 0) is 19.3 Å². The van der Waals surface area contributed by atoms with Crippen LogP contribution in [0.3, 0.4) is 0 Å². The van der Waals surface area contributed by atoms with Gasteiger partial charge in [0.2, 0.25) is 0 Å². The van der Waals surface area contributed by atoms with E-state index in [0.29, 0.717) is 0 Å². The van der Waals surface area contributed by atoms with Gasteiger partial charge >= 0.3 is 12.1 Å². The first-order chi connectivity index (χ1) is 8.11. The SMILES string of the molecule is CCn1nnc(C(F)(F)C(F)(F)F)c1CC(C)C. The van der Waals surface area contributed by atoms with E-state index >= 15 is 0 Å². The first-order valence-corrected chi connectivity index (χ1v) is 5.48. The zero-order valence-electron chi connectivity index (χ0n) is 10.2. The summed E-state index contributed by atoms with van der Waals surface area (Å²) in [4.78, 5) is 0. The fraction of sp³-hybridized carbons (Fsp3) is 0.800. The lowest BCUT2D eigenvalue weighted by molar-refractivity contribution is -0.291. The molecule has 0 saturated heterocycles. The maximum Gasteiger partial charge on any atom is 0.459 e. The fourth-order valence-electron chi connectivity index (χ4n) is 1.55. The number of hydrogen-bond acceptors (Lipinski definition) is 2. The maximum absolute atomic E-state index is 13.3. The Morgan fingerprint density at radius 2 is 1.72 bits per heavy atom. The predicted octanol–water partition coefficient (Wildman–Crippen LogP) is 3.15. The minimum absolute atomic E-state index is 0.0713. The Morgan fingerprint density at radius 3 is 2.11 bits per heavy atom. The molecule has 104 valence electrons. The molecule has 0 aliphatic rings. The van der Waals surface area contributed by atoms with Crippen molar-refractivity contribution in [3.8, 4) is 0 Å². The van der Waals surface area contributed by atoms with Gasteiger partial charge in [-0.3, -0.25) is 0 Å². The topological polar surface area (TPSA) is 30.7 Å². The van der Waals surface area contributed by atoms with E-state index in [1.165, 1.54) is 0 Å². The molecule has 1 rings (SSSR count). The standard InChI is InChI=1S/C10H14F5N3/c1-4-18-7(5-6(2)3)8(16-17-18)9(11,12)10(13,14)15/h6H,4-5H2,1-3H3. The molecular weight excluding hydrogens is 257 g/mol. The van der Waals surface area contributed by atoms with Crippen molar-refractivity contribution in [1.82, 2.24) is 15.0 Å². The van der Waals surface area contributed by atoms with Crippen LogP contribution in [0.4, 0.5) is 22.0 Å².